The molecule has 0 saturated carbocycles. The maximum absolute atomic E-state index is 14.8. The lowest BCUT2D eigenvalue weighted by molar-refractivity contribution is 0.0493. The fourth-order valence-corrected chi connectivity index (χ4v) is 4.39. The van der Waals surface area contributed by atoms with E-state index in [4.69, 9.17) is 0 Å². The number of fused-ring (bicyclic) bond motifs is 1. The first-order valence-corrected chi connectivity index (χ1v) is 10.6. The summed E-state index contributed by atoms with van der Waals surface area (Å²) < 4.78 is 28.3. The predicted octanol–water partition coefficient (Wildman–Crippen LogP) is 5.24. The topological polar surface area (TPSA) is 39.3 Å². The van der Waals surface area contributed by atoms with Crippen molar-refractivity contribution in [3.63, 3.8) is 0 Å². The number of halogens is 2. The molecule has 1 aromatic heterocycles. The van der Waals surface area contributed by atoms with Crippen molar-refractivity contribution in [1.82, 2.24) is 14.8 Å². The number of nitrogens with zero attached hydrogens (tertiary/aromatic N) is 2. The lowest BCUT2D eigenvalue weighted by Gasteiger charge is -2.40. The summed E-state index contributed by atoms with van der Waals surface area (Å²) in [6.45, 7) is 1.76. The number of benzene rings is 3. The van der Waals surface area contributed by atoms with Crippen LogP contribution in [0.15, 0.2) is 72.9 Å². The molecule has 1 N–H and O–H groups in total. The van der Waals surface area contributed by atoms with E-state index in [1.54, 1.807) is 29.2 Å². The summed E-state index contributed by atoms with van der Waals surface area (Å²) in [7, 11) is 1.98. The Balaban J connectivity index is 1.50. The fraction of sp³-hybridized carbons (Fsp3) is 0.192. The van der Waals surface area contributed by atoms with Crippen LogP contribution in [0.4, 0.5) is 8.78 Å². The van der Waals surface area contributed by atoms with E-state index in [1.807, 2.05) is 37.5 Å². The van der Waals surface area contributed by atoms with E-state index in [9.17, 15) is 13.6 Å². The van der Waals surface area contributed by atoms with Gasteiger partial charge in [-0.1, -0.05) is 24.3 Å². The summed E-state index contributed by atoms with van der Waals surface area (Å²) in [5, 5.41) is 1.05. The molecule has 162 valence electrons. The first-order valence-electron chi connectivity index (χ1n) is 10.6. The first kappa shape index (κ1) is 20.4. The van der Waals surface area contributed by atoms with Crippen molar-refractivity contribution in [2.75, 3.05) is 26.7 Å². The quantitative estimate of drug-likeness (QED) is 0.482. The Morgan fingerprint density at radius 3 is 2.50 bits per heavy atom. The Morgan fingerprint density at radius 2 is 1.69 bits per heavy atom. The fourth-order valence-electron chi connectivity index (χ4n) is 4.39. The van der Waals surface area contributed by atoms with E-state index >= 15 is 0 Å². The number of piperazine rings is 1. The third kappa shape index (κ3) is 3.78. The van der Waals surface area contributed by atoms with Crippen LogP contribution in [0.3, 0.4) is 0 Å². The highest BCUT2D eigenvalue weighted by molar-refractivity contribution is 5.96. The molecule has 0 bridgehead atoms. The summed E-state index contributed by atoms with van der Waals surface area (Å²) in [5.41, 5.74) is 3.60. The molecular weight excluding hydrogens is 408 g/mol. The van der Waals surface area contributed by atoms with Crippen molar-refractivity contribution < 1.29 is 13.6 Å². The highest BCUT2D eigenvalue weighted by Crippen LogP contribution is 2.30. The minimum absolute atomic E-state index is 0.0494. The van der Waals surface area contributed by atoms with E-state index < -0.39 is 5.82 Å². The molecule has 1 unspecified atom stereocenters. The second-order valence-corrected chi connectivity index (χ2v) is 8.30. The number of rotatable bonds is 3. The SMILES string of the molecule is CN1CCN(C(=O)c2cc(-c3ccc4[nH]ccc4c3)ccc2F)C(c2ccc(F)cc2)C1. The molecule has 0 aliphatic carbocycles. The Labute approximate surface area is 185 Å². The molecule has 1 amide bonds. The molecule has 3 aromatic carbocycles. The van der Waals surface area contributed by atoms with Crippen molar-refractivity contribution >= 4 is 16.8 Å². The van der Waals surface area contributed by atoms with Gasteiger partial charge in [-0.15, -0.1) is 0 Å². The highest BCUT2D eigenvalue weighted by Gasteiger charge is 2.32. The number of carbonyl (C=O) groups excluding carboxylic acids is 1. The molecule has 1 aliphatic heterocycles. The first-order chi connectivity index (χ1) is 15.5. The molecule has 2 heterocycles. The minimum atomic E-state index is -0.543. The van der Waals surface area contributed by atoms with E-state index in [-0.39, 0.29) is 23.3 Å². The van der Waals surface area contributed by atoms with Crippen molar-refractivity contribution in [2.24, 2.45) is 0 Å². The predicted molar refractivity (Wildman–Crippen MR) is 121 cm³/mol. The van der Waals surface area contributed by atoms with Gasteiger partial charge in [-0.2, -0.15) is 0 Å². The zero-order chi connectivity index (χ0) is 22.2. The van der Waals surface area contributed by atoms with Gasteiger partial charge in [0.1, 0.15) is 11.6 Å². The van der Waals surface area contributed by atoms with Crippen LogP contribution in [0, 0.1) is 11.6 Å². The van der Waals surface area contributed by atoms with Gasteiger partial charge in [-0.05, 0) is 71.6 Å². The van der Waals surface area contributed by atoms with Gasteiger partial charge >= 0.3 is 0 Å². The van der Waals surface area contributed by atoms with Gasteiger partial charge in [-0.3, -0.25) is 4.79 Å². The second-order valence-electron chi connectivity index (χ2n) is 8.30. The van der Waals surface area contributed by atoms with Crippen LogP contribution in [-0.4, -0.2) is 47.4 Å². The molecule has 1 atom stereocenters. The zero-order valence-electron chi connectivity index (χ0n) is 17.7. The summed E-state index contributed by atoms with van der Waals surface area (Å²) in [4.78, 5) is 20.5. The van der Waals surface area contributed by atoms with Gasteiger partial charge in [0, 0.05) is 31.3 Å². The number of hydrogen-bond donors (Lipinski definition) is 1. The largest absolute Gasteiger partial charge is 0.361 e. The van der Waals surface area contributed by atoms with Crippen molar-refractivity contribution in [2.45, 2.75) is 6.04 Å². The molecule has 0 spiro atoms. The smallest absolute Gasteiger partial charge is 0.257 e. The van der Waals surface area contributed by atoms with Crippen LogP contribution in [-0.2, 0) is 0 Å². The molecule has 0 radical (unpaired) electrons. The Bertz CT molecular complexity index is 1280. The number of likely N-dealkylation sites (N-methyl/N-ethyl adjacent to an activating group) is 1. The lowest BCUT2D eigenvalue weighted by Crippen LogP contribution is -2.49. The van der Waals surface area contributed by atoms with Gasteiger partial charge in [0.2, 0.25) is 0 Å². The maximum Gasteiger partial charge on any atom is 0.257 e. The number of amides is 1. The van der Waals surface area contributed by atoms with Crippen molar-refractivity contribution in [3.05, 3.63) is 95.7 Å². The van der Waals surface area contributed by atoms with Crippen LogP contribution in [0.5, 0.6) is 0 Å². The van der Waals surface area contributed by atoms with Gasteiger partial charge in [0.25, 0.3) is 5.91 Å². The summed E-state index contributed by atoms with van der Waals surface area (Å²) in [6.07, 6.45) is 1.87. The third-order valence-corrected chi connectivity index (χ3v) is 6.18. The molecule has 4 nitrogen and oxygen atoms in total. The molecule has 5 rings (SSSR count). The Hall–Kier alpha value is -3.51. The van der Waals surface area contributed by atoms with Crippen LogP contribution in [0.2, 0.25) is 0 Å². The Morgan fingerprint density at radius 1 is 0.938 bits per heavy atom. The molecule has 4 aromatic rings. The number of hydrogen-bond acceptors (Lipinski definition) is 2. The number of H-pyrrole nitrogens is 1. The average molecular weight is 431 g/mol. The number of aromatic amines is 1. The van der Waals surface area contributed by atoms with Crippen LogP contribution in [0.25, 0.3) is 22.0 Å². The van der Waals surface area contributed by atoms with E-state index in [0.29, 0.717) is 19.6 Å². The monoisotopic (exact) mass is 431 g/mol. The van der Waals surface area contributed by atoms with Crippen LogP contribution in [0.1, 0.15) is 22.0 Å². The van der Waals surface area contributed by atoms with E-state index in [2.05, 4.69) is 9.88 Å². The molecule has 1 saturated heterocycles. The third-order valence-electron chi connectivity index (χ3n) is 6.18. The summed E-state index contributed by atoms with van der Waals surface area (Å²) in [5.74, 6) is -1.22. The highest BCUT2D eigenvalue weighted by atomic mass is 19.1. The average Bonchev–Trinajstić information content (AvgIpc) is 3.27. The van der Waals surface area contributed by atoms with Gasteiger partial charge in [0.05, 0.1) is 11.6 Å². The molecule has 1 fully saturated rings. The normalized spacial score (nSPS) is 17.1. The van der Waals surface area contributed by atoms with Crippen molar-refractivity contribution in [1.29, 1.82) is 0 Å². The maximum atomic E-state index is 14.8. The van der Waals surface area contributed by atoms with E-state index in [0.717, 1.165) is 27.6 Å². The molecule has 32 heavy (non-hydrogen) atoms. The van der Waals surface area contributed by atoms with Crippen molar-refractivity contribution in [3.8, 4) is 11.1 Å². The molecular formula is C26H23F2N3O. The number of carbonyl (C=O) groups is 1. The summed E-state index contributed by atoms with van der Waals surface area (Å²) in [6, 6.07) is 18.5. The standard InChI is InChI=1S/C26H23F2N3O/c1-30-12-13-31(25(16-30)17-2-6-21(27)7-3-17)26(32)22-15-19(4-8-23(22)28)18-5-9-24-20(14-18)10-11-29-24/h2-11,14-15,25,29H,12-13,16H2,1H3. The second kappa shape index (κ2) is 8.20. The summed E-state index contributed by atoms with van der Waals surface area (Å²) >= 11 is 0. The molecule has 1 aliphatic rings. The van der Waals surface area contributed by atoms with Gasteiger partial charge in [-0.25, -0.2) is 8.78 Å². The minimum Gasteiger partial charge on any atom is -0.361 e. The van der Waals surface area contributed by atoms with Crippen LogP contribution < -0.4 is 0 Å². The zero-order valence-corrected chi connectivity index (χ0v) is 17.7. The Kier molecular flexibility index (Phi) is 5.23. The lowest BCUT2D eigenvalue weighted by atomic mass is 9.98. The molecule has 6 heteroatoms. The van der Waals surface area contributed by atoms with Crippen LogP contribution >= 0.6 is 0 Å². The van der Waals surface area contributed by atoms with Gasteiger partial charge in [0.15, 0.2) is 0 Å². The number of nitrogens with one attached hydrogen (secondary N) is 1. The van der Waals surface area contributed by atoms with E-state index in [1.165, 1.54) is 18.2 Å². The number of aromatic nitrogens is 1. The van der Waals surface area contributed by atoms with Gasteiger partial charge < -0.3 is 14.8 Å².